The average molecular weight is 400 g/mol. The minimum atomic E-state index is -0.327. The van der Waals surface area contributed by atoms with Crippen molar-refractivity contribution in [2.24, 2.45) is 0 Å². The molecule has 1 heterocycles. The van der Waals surface area contributed by atoms with Gasteiger partial charge in [-0.1, -0.05) is 19.8 Å². The van der Waals surface area contributed by atoms with Gasteiger partial charge in [-0.3, -0.25) is 4.79 Å². The van der Waals surface area contributed by atoms with E-state index < -0.39 is 0 Å². The highest BCUT2D eigenvalue weighted by atomic mass is 16.5. The second kappa shape index (κ2) is 8.77. The van der Waals surface area contributed by atoms with E-state index in [-0.39, 0.29) is 39.4 Å². The van der Waals surface area contributed by atoms with Gasteiger partial charge < -0.3 is 28.8 Å². The molecule has 2 N–H and O–H groups in total. The maximum Gasteiger partial charge on any atom is 0.204 e. The number of methoxy groups -OCH3 is 2. The monoisotopic (exact) mass is 400 g/mol. The molecule has 7 heteroatoms. The van der Waals surface area contributed by atoms with Crippen molar-refractivity contribution in [2.75, 3.05) is 20.8 Å². The number of aromatic hydroxyl groups is 2. The topological polar surface area (TPSA) is 98.4 Å². The van der Waals surface area contributed by atoms with Crippen LogP contribution in [0.25, 0.3) is 22.3 Å². The summed E-state index contributed by atoms with van der Waals surface area (Å²) in [6.07, 6.45) is 2.97. The molecule has 0 bridgehead atoms. The molecule has 0 saturated carbocycles. The number of rotatable bonds is 8. The molecule has 3 aromatic rings. The van der Waals surface area contributed by atoms with E-state index in [1.165, 1.54) is 32.4 Å². The normalized spacial score (nSPS) is 10.9. The Morgan fingerprint density at radius 2 is 1.76 bits per heavy atom. The van der Waals surface area contributed by atoms with Crippen molar-refractivity contribution in [3.63, 3.8) is 0 Å². The summed E-state index contributed by atoms with van der Waals surface area (Å²) in [5.74, 6) is 0.671. The molecular formula is C22H24O7. The van der Waals surface area contributed by atoms with E-state index in [1.807, 2.05) is 0 Å². The number of fused-ring (bicyclic) bond motifs is 1. The highest BCUT2D eigenvalue weighted by Gasteiger charge is 2.21. The van der Waals surface area contributed by atoms with Crippen LogP contribution in [0.3, 0.4) is 0 Å². The van der Waals surface area contributed by atoms with Gasteiger partial charge in [0.15, 0.2) is 28.4 Å². The summed E-state index contributed by atoms with van der Waals surface area (Å²) >= 11 is 0. The van der Waals surface area contributed by atoms with E-state index in [4.69, 9.17) is 18.6 Å². The third-order valence-electron chi connectivity index (χ3n) is 4.57. The lowest BCUT2D eigenvalue weighted by atomic mass is 10.1. The first-order valence-electron chi connectivity index (χ1n) is 9.38. The van der Waals surface area contributed by atoms with Crippen LogP contribution in [0.1, 0.15) is 26.2 Å². The van der Waals surface area contributed by atoms with Crippen LogP contribution in [0.2, 0.25) is 0 Å². The number of hydrogen-bond acceptors (Lipinski definition) is 7. The van der Waals surface area contributed by atoms with Gasteiger partial charge in [-0.2, -0.15) is 0 Å². The number of hydrogen-bond donors (Lipinski definition) is 2. The third-order valence-corrected chi connectivity index (χ3v) is 4.57. The summed E-state index contributed by atoms with van der Waals surface area (Å²) in [6, 6.07) is 7.07. The van der Waals surface area contributed by atoms with Gasteiger partial charge in [-0.15, -0.1) is 0 Å². The molecule has 29 heavy (non-hydrogen) atoms. The minimum absolute atomic E-state index is 0.235. The van der Waals surface area contributed by atoms with Crippen molar-refractivity contribution < 1.29 is 28.8 Å². The fraction of sp³-hybridized carbons (Fsp3) is 0.318. The molecule has 0 fully saturated rings. The fourth-order valence-corrected chi connectivity index (χ4v) is 3.08. The Balaban J connectivity index is 2.14. The Morgan fingerprint density at radius 3 is 2.41 bits per heavy atom. The van der Waals surface area contributed by atoms with Gasteiger partial charge in [0.1, 0.15) is 16.7 Å². The SMILES string of the molecule is CCCCCOc1c(OC)cc2oc(-c3ccc(O)c(O)c3)cc(=O)c2c1OC. The van der Waals surface area contributed by atoms with Crippen molar-refractivity contribution >= 4 is 11.0 Å². The molecule has 2 aromatic carbocycles. The molecule has 0 aliphatic carbocycles. The molecule has 3 rings (SSSR count). The number of ether oxygens (including phenoxy) is 3. The van der Waals surface area contributed by atoms with Crippen LogP contribution in [0.5, 0.6) is 28.7 Å². The van der Waals surface area contributed by atoms with Gasteiger partial charge >= 0.3 is 0 Å². The highest BCUT2D eigenvalue weighted by molar-refractivity contribution is 5.90. The second-order valence-electron chi connectivity index (χ2n) is 6.55. The quantitative estimate of drug-likeness (QED) is 0.425. The molecule has 0 amide bonds. The lowest BCUT2D eigenvalue weighted by molar-refractivity contribution is 0.269. The first kappa shape index (κ1) is 20.4. The summed E-state index contributed by atoms with van der Waals surface area (Å²) < 4.78 is 22.7. The van der Waals surface area contributed by atoms with Gasteiger partial charge in [0.25, 0.3) is 0 Å². The number of phenols is 2. The van der Waals surface area contributed by atoms with Crippen LogP contribution < -0.4 is 19.6 Å². The Bertz CT molecular complexity index is 1070. The van der Waals surface area contributed by atoms with Crippen LogP contribution in [0.15, 0.2) is 39.5 Å². The van der Waals surface area contributed by atoms with Crippen molar-refractivity contribution in [3.8, 4) is 40.1 Å². The molecular weight excluding hydrogens is 376 g/mol. The molecule has 0 unspecified atom stereocenters. The van der Waals surface area contributed by atoms with Crippen molar-refractivity contribution in [1.82, 2.24) is 0 Å². The standard InChI is InChI=1S/C22H24O7/c1-4-5-6-9-28-21-19(26-2)12-18-20(22(21)27-3)16(25)11-17(29-18)13-7-8-14(23)15(24)10-13/h7-8,10-12,23-24H,4-6,9H2,1-3H3. The predicted molar refractivity (Wildman–Crippen MR) is 109 cm³/mol. The summed E-state index contributed by atoms with van der Waals surface area (Å²) in [7, 11) is 2.96. The number of benzene rings is 2. The van der Waals surface area contributed by atoms with Crippen molar-refractivity contribution in [1.29, 1.82) is 0 Å². The van der Waals surface area contributed by atoms with Crippen LogP contribution in [0.4, 0.5) is 0 Å². The fourth-order valence-electron chi connectivity index (χ4n) is 3.08. The van der Waals surface area contributed by atoms with E-state index in [2.05, 4.69) is 6.92 Å². The molecule has 0 saturated heterocycles. The van der Waals surface area contributed by atoms with Gasteiger partial charge in [0, 0.05) is 17.7 Å². The van der Waals surface area contributed by atoms with E-state index in [0.717, 1.165) is 19.3 Å². The Kier molecular flexibility index (Phi) is 6.16. The zero-order valence-electron chi connectivity index (χ0n) is 16.7. The second-order valence-corrected chi connectivity index (χ2v) is 6.55. The highest BCUT2D eigenvalue weighted by Crippen LogP contribution is 2.43. The lowest BCUT2D eigenvalue weighted by Crippen LogP contribution is -2.07. The first-order chi connectivity index (χ1) is 14.0. The van der Waals surface area contributed by atoms with Gasteiger partial charge in [0.05, 0.1) is 20.8 Å². The first-order valence-corrected chi connectivity index (χ1v) is 9.38. The zero-order chi connectivity index (χ0) is 21.0. The number of phenolic OH excluding ortho intramolecular Hbond substituents is 2. The van der Waals surface area contributed by atoms with Crippen LogP contribution >= 0.6 is 0 Å². The summed E-state index contributed by atoms with van der Waals surface area (Å²) in [6.45, 7) is 2.58. The molecule has 0 aliphatic rings. The zero-order valence-corrected chi connectivity index (χ0v) is 16.7. The Hall–Kier alpha value is -3.35. The average Bonchev–Trinajstić information content (AvgIpc) is 2.72. The van der Waals surface area contributed by atoms with Gasteiger partial charge in [-0.05, 0) is 24.6 Å². The van der Waals surface area contributed by atoms with Crippen molar-refractivity contribution in [3.05, 3.63) is 40.6 Å². The maximum absolute atomic E-state index is 12.9. The van der Waals surface area contributed by atoms with E-state index >= 15 is 0 Å². The van der Waals surface area contributed by atoms with Gasteiger partial charge in [-0.25, -0.2) is 0 Å². The van der Waals surface area contributed by atoms with E-state index in [1.54, 1.807) is 12.1 Å². The Labute approximate surface area is 168 Å². The molecule has 0 aliphatic heterocycles. The summed E-state index contributed by atoms with van der Waals surface area (Å²) in [5, 5.41) is 19.5. The number of unbranched alkanes of at least 4 members (excludes halogenated alkanes) is 2. The molecule has 1 aromatic heterocycles. The summed E-state index contributed by atoms with van der Waals surface area (Å²) in [5.41, 5.74) is 0.374. The minimum Gasteiger partial charge on any atom is -0.504 e. The molecule has 0 atom stereocenters. The van der Waals surface area contributed by atoms with Crippen LogP contribution in [-0.2, 0) is 0 Å². The van der Waals surface area contributed by atoms with Crippen LogP contribution in [0, 0.1) is 0 Å². The third kappa shape index (κ3) is 4.08. The summed E-state index contributed by atoms with van der Waals surface area (Å²) in [4.78, 5) is 12.9. The van der Waals surface area contributed by atoms with Crippen molar-refractivity contribution in [2.45, 2.75) is 26.2 Å². The predicted octanol–water partition coefficient (Wildman–Crippen LogP) is 4.46. The van der Waals surface area contributed by atoms with E-state index in [0.29, 0.717) is 23.7 Å². The van der Waals surface area contributed by atoms with E-state index in [9.17, 15) is 15.0 Å². The smallest absolute Gasteiger partial charge is 0.204 e. The lowest BCUT2D eigenvalue weighted by Gasteiger charge is -2.16. The van der Waals surface area contributed by atoms with Crippen LogP contribution in [-0.4, -0.2) is 31.0 Å². The van der Waals surface area contributed by atoms with Gasteiger partial charge in [0.2, 0.25) is 5.75 Å². The molecule has 154 valence electrons. The molecule has 7 nitrogen and oxygen atoms in total. The molecule has 0 spiro atoms. The molecule has 0 radical (unpaired) electrons. The Morgan fingerprint density at radius 1 is 0.966 bits per heavy atom. The maximum atomic E-state index is 12.9. The largest absolute Gasteiger partial charge is 0.504 e.